The van der Waals surface area contributed by atoms with E-state index in [0.29, 0.717) is 5.56 Å². The second-order valence-electron chi connectivity index (χ2n) is 6.06. The molecule has 3 aliphatic rings. The van der Waals surface area contributed by atoms with E-state index in [4.69, 9.17) is 15.0 Å². The summed E-state index contributed by atoms with van der Waals surface area (Å²) in [7, 11) is 0. The molecule has 0 amide bonds. The number of nitrogens with zero attached hydrogens (tertiary/aromatic N) is 2. The molecule has 2 aromatic rings. The average Bonchev–Trinajstić information content (AvgIpc) is 3.01. The van der Waals surface area contributed by atoms with Crippen molar-refractivity contribution in [2.75, 3.05) is 0 Å². The first kappa shape index (κ1) is 13.1. The predicted octanol–water partition coefficient (Wildman–Crippen LogP) is 4.49. The minimum atomic E-state index is -0.426. The number of aliphatic imine (C=N–C) groups is 1. The Labute approximate surface area is 139 Å². The van der Waals surface area contributed by atoms with E-state index in [1.165, 1.54) is 11.1 Å². The molecule has 0 N–H and O–H groups in total. The summed E-state index contributed by atoms with van der Waals surface area (Å²) in [5, 5.41) is 9.16. The third-order valence-electron chi connectivity index (χ3n) is 4.82. The van der Waals surface area contributed by atoms with Gasteiger partial charge in [0.1, 0.15) is 0 Å². The first-order valence-corrected chi connectivity index (χ1v) is 7.78. The van der Waals surface area contributed by atoms with Gasteiger partial charge in [-0.2, -0.15) is 5.26 Å². The van der Waals surface area contributed by atoms with E-state index in [9.17, 15) is 0 Å². The number of nitriles is 1. The van der Waals surface area contributed by atoms with E-state index >= 15 is 0 Å². The molecule has 24 heavy (non-hydrogen) atoms. The third kappa shape index (κ3) is 1.57. The van der Waals surface area contributed by atoms with Gasteiger partial charge in [-0.25, -0.2) is 0 Å². The highest BCUT2D eigenvalue weighted by Crippen LogP contribution is 2.49. The van der Waals surface area contributed by atoms with Crippen LogP contribution in [0.3, 0.4) is 0 Å². The zero-order valence-corrected chi connectivity index (χ0v) is 12.7. The van der Waals surface area contributed by atoms with Gasteiger partial charge in [-0.3, -0.25) is 4.99 Å². The van der Waals surface area contributed by atoms with Gasteiger partial charge in [0, 0.05) is 11.1 Å². The zero-order chi connectivity index (χ0) is 16.1. The normalized spacial score (nSPS) is 18.0. The van der Waals surface area contributed by atoms with Gasteiger partial charge in [0.25, 0.3) is 0 Å². The number of ether oxygens (including phenoxy) is 1. The number of fused-ring (bicyclic) bond motifs is 6. The van der Waals surface area contributed by atoms with Crippen LogP contribution >= 0.6 is 0 Å². The van der Waals surface area contributed by atoms with E-state index in [1.807, 2.05) is 30.3 Å². The van der Waals surface area contributed by atoms with Crippen molar-refractivity contribution in [2.24, 2.45) is 4.99 Å². The first-order valence-electron chi connectivity index (χ1n) is 7.78. The van der Waals surface area contributed by atoms with Crippen LogP contribution in [-0.2, 0) is 10.2 Å². The smallest absolute Gasteiger partial charge is 0.0992 e. The molecular weight excluding hydrogens is 296 g/mol. The lowest BCUT2D eigenvalue weighted by molar-refractivity contribution is 0.385. The molecule has 3 nitrogen and oxygen atoms in total. The minimum absolute atomic E-state index is 0.426. The van der Waals surface area contributed by atoms with E-state index in [-0.39, 0.29) is 0 Å². The van der Waals surface area contributed by atoms with Crippen LogP contribution in [0, 0.1) is 11.3 Å². The van der Waals surface area contributed by atoms with Crippen molar-refractivity contribution >= 4 is 23.0 Å². The Balaban J connectivity index is 1.84. The van der Waals surface area contributed by atoms with E-state index in [0.717, 1.165) is 22.5 Å². The van der Waals surface area contributed by atoms with Gasteiger partial charge in [0.2, 0.25) is 0 Å². The summed E-state index contributed by atoms with van der Waals surface area (Å²) in [6, 6.07) is 16.2. The Hall–Kier alpha value is -3.38. The Morgan fingerprint density at radius 3 is 2.71 bits per heavy atom. The predicted molar refractivity (Wildman–Crippen MR) is 93.6 cm³/mol. The number of hydrogen-bond donors (Lipinski definition) is 0. The van der Waals surface area contributed by atoms with Crippen molar-refractivity contribution in [3.05, 3.63) is 89.4 Å². The van der Waals surface area contributed by atoms with Crippen molar-refractivity contribution < 1.29 is 4.74 Å². The molecule has 1 spiro atoms. The Bertz CT molecular complexity index is 1040. The summed E-state index contributed by atoms with van der Waals surface area (Å²) in [5.41, 5.74) is 6.61. The van der Waals surface area contributed by atoms with Crippen molar-refractivity contribution in [2.45, 2.75) is 5.41 Å². The number of allylic oxidation sites excluding steroid dienone is 3. The molecule has 5 rings (SSSR count). The second-order valence-corrected chi connectivity index (χ2v) is 6.06. The molecule has 0 bridgehead atoms. The molecule has 0 saturated carbocycles. The van der Waals surface area contributed by atoms with Crippen LogP contribution < -0.4 is 0 Å². The molecular formula is C21H12N2O. The standard InChI is InChI=1S/C21H12N2O/c22-13-14-5-6-16-17-12-15-3-1-2-4-18(15)21(7-9-24-10-8-21)20(17)23-19(16)11-14/h1-12H. The molecule has 0 fully saturated rings. The fourth-order valence-corrected chi connectivity index (χ4v) is 3.71. The van der Waals surface area contributed by atoms with Crippen LogP contribution in [0.25, 0.3) is 11.6 Å². The SMILES string of the molecule is N#Cc1ccc2c(c1)N=C1C2=Cc2ccccc2C12C=COC=C2. The molecule has 3 heteroatoms. The lowest BCUT2D eigenvalue weighted by Crippen LogP contribution is -2.35. The van der Waals surface area contributed by atoms with E-state index in [2.05, 4.69) is 36.4 Å². The van der Waals surface area contributed by atoms with Crippen LogP contribution in [0.15, 0.2) is 72.1 Å². The summed E-state index contributed by atoms with van der Waals surface area (Å²) in [6.07, 6.45) is 9.72. The molecule has 112 valence electrons. The number of hydrogen-bond acceptors (Lipinski definition) is 3. The van der Waals surface area contributed by atoms with Crippen molar-refractivity contribution in [3.8, 4) is 6.07 Å². The first-order chi connectivity index (χ1) is 11.8. The Kier molecular flexibility index (Phi) is 2.49. The monoisotopic (exact) mass is 308 g/mol. The fourth-order valence-electron chi connectivity index (χ4n) is 3.71. The van der Waals surface area contributed by atoms with E-state index in [1.54, 1.807) is 12.5 Å². The molecule has 1 aliphatic carbocycles. The maximum absolute atomic E-state index is 9.16. The highest BCUT2D eigenvalue weighted by atomic mass is 16.5. The molecule has 0 aromatic heterocycles. The highest BCUT2D eigenvalue weighted by molar-refractivity contribution is 6.39. The largest absolute Gasteiger partial charge is 0.473 e. The number of benzene rings is 2. The highest BCUT2D eigenvalue weighted by Gasteiger charge is 2.43. The summed E-state index contributed by atoms with van der Waals surface area (Å²) in [4.78, 5) is 4.90. The molecule has 2 aliphatic heterocycles. The van der Waals surface area contributed by atoms with E-state index < -0.39 is 5.41 Å². The maximum Gasteiger partial charge on any atom is 0.0992 e. The van der Waals surface area contributed by atoms with Gasteiger partial charge in [-0.05, 0) is 41.5 Å². The summed E-state index contributed by atoms with van der Waals surface area (Å²) in [5.74, 6) is 0. The lowest BCUT2D eigenvalue weighted by Gasteiger charge is -2.35. The fraction of sp³-hybridized carbons (Fsp3) is 0.0476. The summed E-state index contributed by atoms with van der Waals surface area (Å²) in [6.45, 7) is 0. The van der Waals surface area contributed by atoms with Crippen LogP contribution in [0.5, 0.6) is 0 Å². The van der Waals surface area contributed by atoms with Gasteiger partial charge in [0.15, 0.2) is 0 Å². The van der Waals surface area contributed by atoms with Gasteiger partial charge in [0.05, 0.1) is 41.0 Å². The molecule has 0 unspecified atom stereocenters. The third-order valence-corrected chi connectivity index (χ3v) is 4.82. The van der Waals surface area contributed by atoms with Gasteiger partial charge in [-0.1, -0.05) is 30.3 Å². The van der Waals surface area contributed by atoms with Gasteiger partial charge >= 0.3 is 0 Å². The second kappa shape index (κ2) is 4.56. The van der Waals surface area contributed by atoms with Crippen molar-refractivity contribution in [1.29, 1.82) is 5.26 Å². The average molecular weight is 308 g/mol. The van der Waals surface area contributed by atoms with Crippen LogP contribution in [0.1, 0.15) is 22.3 Å². The molecule has 2 heterocycles. The molecule has 0 radical (unpaired) electrons. The van der Waals surface area contributed by atoms with Gasteiger partial charge < -0.3 is 4.74 Å². The van der Waals surface area contributed by atoms with Crippen LogP contribution in [0.2, 0.25) is 0 Å². The maximum atomic E-state index is 9.16. The molecule has 0 saturated heterocycles. The quantitative estimate of drug-likeness (QED) is 0.719. The zero-order valence-electron chi connectivity index (χ0n) is 12.7. The minimum Gasteiger partial charge on any atom is -0.473 e. The lowest BCUT2D eigenvalue weighted by atomic mass is 9.68. The van der Waals surface area contributed by atoms with Crippen molar-refractivity contribution in [3.63, 3.8) is 0 Å². The summed E-state index contributed by atoms with van der Waals surface area (Å²) < 4.78 is 5.30. The van der Waals surface area contributed by atoms with Crippen molar-refractivity contribution in [1.82, 2.24) is 0 Å². The Morgan fingerprint density at radius 1 is 1.04 bits per heavy atom. The number of rotatable bonds is 0. The molecule has 2 aromatic carbocycles. The summed E-state index contributed by atoms with van der Waals surface area (Å²) >= 11 is 0. The van der Waals surface area contributed by atoms with Crippen LogP contribution in [0.4, 0.5) is 5.69 Å². The Morgan fingerprint density at radius 2 is 1.88 bits per heavy atom. The topological polar surface area (TPSA) is 45.4 Å². The van der Waals surface area contributed by atoms with Crippen LogP contribution in [-0.4, -0.2) is 5.71 Å². The van der Waals surface area contributed by atoms with Gasteiger partial charge in [-0.15, -0.1) is 0 Å². The molecule has 0 atom stereocenters.